The van der Waals surface area contributed by atoms with Crippen LogP contribution in [0.5, 0.6) is 5.75 Å². The van der Waals surface area contributed by atoms with Gasteiger partial charge in [-0.15, -0.1) is 0 Å². The fourth-order valence-corrected chi connectivity index (χ4v) is 3.41. The van der Waals surface area contributed by atoms with E-state index in [2.05, 4.69) is 5.32 Å². The molecule has 0 aliphatic carbocycles. The lowest BCUT2D eigenvalue weighted by atomic mass is 10.1. The molecule has 1 atom stereocenters. The molecule has 0 radical (unpaired) electrons. The maximum atomic E-state index is 13.2. The van der Waals surface area contributed by atoms with Gasteiger partial charge >= 0.3 is 0 Å². The summed E-state index contributed by atoms with van der Waals surface area (Å²) in [5.74, 6) is 0.268. The lowest BCUT2D eigenvalue weighted by Crippen LogP contribution is -2.49. The molecule has 1 N–H and O–H groups in total. The number of benzene rings is 3. The summed E-state index contributed by atoms with van der Waals surface area (Å²) in [7, 11) is 0. The third kappa shape index (κ3) is 5.85. The fraction of sp³-hybridized carbons (Fsp3) is 0.308. The molecule has 0 aliphatic heterocycles. The zero-order valence-electron chi connectivity index (χ0n) is 18.4. The van der Waals surface area contributed by atoms with Crippen molar-refractivity contribution >= 4 is 22.6 Å². The molecule has 31 heavy (non-hydrogen) atoms. The third-order valence-electron chi connectivity index (χ3n) is 5.29. The van der Waals surface area contributed by atoms with Crippen molar-refractivity contribution in [1.29, 1.82) is 0 Å². The Hall–Kier alpha value is -3.34. The highest BCUT2D eigenvalue weighted by Crippen LogP contribution is 2.25. The van der Waals surface area contributed by atoms with Gasteiger partial charge in [0.05, 0.1) is 0 Å². The van der Waals surface area contributed by atoms with Crippen LogP contribution in [0.4, 0.5) is 0 Å². The van der Waals surface area contributed by atoms with Crippen molar-refractivity contribution in [3.05, 3.63) is 77.9 Å². The Labute approximate surface area is 184 Å². The number of amides is 2. The van der Waals surface area contributed by atoms with Gasteiger partial charge in [0.15, 0.2) is 6.61 Å². The standard InChI is InChI=1S/C26H30N2O3/c1-4-16-27-26(30)20(3)28(17-21-14-12-19(2)13-15-21)25(29)18-31-24-11-7-9-22-8-5-6-10-23(22)24/h5-15,20H,4,16-18H2,1-3H3,(H,27,30)/t20-/m1/s1. The van der Waals surface area contributed by atoms with Gasteiger partial charge in [-0.1, -0.05) is 73.2 Å². The maximum absolute atomic E-state index is 13.2. The summed E-state index contributed by atoms with van der Waals surface area (Å²) in [4.78, 5) is 27.3. The Kier molecular flexibility index (Phi) is 7.65. The van der Waals surface area contributed by atoms with Crippen LogP contribution in [0.15, 0.2) is 66.7 Å². The van der Waals surface area contributed by atoms with Crippen LogP contribution in [-0.2, 0) is 16.1 Å². The van der Waals surface area contributed by atoms with Gasteiger partial charge in [0, 0.05) is 18.5 Å². The molecule has 0 spiro atoms. The number of aryl methyl sites for hydroxylation is 1. The first kappa shape index (κ1) is 22.3. The second-order valence-corrected chi connectivity index (χ2v) is 7.74. The van der Waals surface area contributed by atoms with Gasteiger partial charge < -0.3 is 15.0 Å². The van der Waals surface area contributed by atoms with E-state index in [9.17, 15) is 9.59 Å². The molecule has 0 fully saturated rings. The van der Waals surface area contributed by atoms with Crippen LogP contribution in [-0.4, -0.2) is 35.9 Å². The minimum absolute atomic E-state index is 0.134. The Morgan fingerprint density at radius 1 is 1.00 bits per heavy atom. The highest BCUT2D eigenvalue weighted by molar-refractivity contribution is 5.90. The van der Waals surface area contributed by atoms with E-state index in [1.807, 2.05) is 80.6 Å². The second-order valence-electron chi connectivity index (χ2n) is 7.74. The Morgan fingerprint density at radius 2 is 1.71 bits per heavy atom. The average Bonchev–Trinajstić information content (AvgIpc) is 2.80. The van der Waals surface area contributed by atoms with Crippen molar-refractivity contribution in [3.8, 4) is 5.75 Å². The summed E-state index contributed by atoms with van der Waals surface area (Å²) in [5, 5.41) is 4.89. The Bertz CT molecular complexity index is 1030. The Morgan fingerprint density at radius 3 is 2.45 bits per heavy atom. The molecular formula is C26H30N2O3. The van der Waals surface area contributed by atoms with E-state index in [0.29, 0.717) is 18.8 Å². The molecule has 0 heterocycles. The molecule has 162 valence electrons. The zero-order valence-corrected chi connectivity index (χ0v) is 18.4. The lowest BCUT2D eigenvalue weighted by Gasteiger charge is -2.29. The smallest absolute Gasteiger partial charge is 0.261 e. The molecule has 0 bridgehead atoms. The number of carbonyl (C=O) groups excluding carboxylic acids is 2. The van der Waals surface area contributed by atoms with Gasteiger partial charge in [-0.05, 0) is 37.3 Å². The van der Waals surface area contributed by atoms with Crippen LogP contribution in [0.2, 0.25) is 0 Å². The first-order valence-electron chi connectivity index (χ1n) is 10.7. The van der Waals surface area contributed by atoms with Gasteiger partial charge in [0.1, 0.15) is 11.8 Å². The molecule has 0 saturated heterocycles. The highest BCUT2D eigenvalue weighted by atomic mass is 16.5. The van der Waals surface area contributed by atoms with Crippen molar-refractivity contribution in [2.75, 3.05) is 13.2 Å². The van der Waals surface area contributed by atoms with Crippen molar-refractivity contribution in [3.63, 3.8) is 0 Å². The lowest BCUT2D eigenvalue weighted by molar-refractivity contribution is -0.142. The summed E-state index contributed by atoms with van der Waals surface area (Å²) >= 11 is 0. The molecule has 2 amide bonds. The van der Waals surface area contributed by atoms with E-state index in [4.69, 9.17) is 4.74 Å². The highest BCUT2D eigenvalue weighted by Gasteiger charge is 2.26. The molecule has 5 nitrogen and oxygen atoms in total. The van der Waals surface area contributed by atoms with Crippen LogP contribution in [0.3, 0.4) is 0 Å². The SMILES string of the molecule is CCCNC(=O)[C@@H](C)N(Cc1ccc(C)cc1)C(=O)COc1cccc2ccccc12. The van der Waals surface area contributed by atoms with Gasteiger partial charge in [-0.3, -0.25) is 9.59 Å². The van der Waals surface area contributed by atoms with E-state index >= 15 is 0 Å². The molecule has 0 saturated carbocycles. The minimum Gasteiger partial charge on any atom is -0.483 e. The van der Waals surface area contributed by atoms with Crippen LogP contribution in [0.25, 0.3) is 10.8 Å². The molecule has 0 unspecified atom stereocenters. The van der Waals surface area contributed by atoms with Gasteiger partial charge in [-0.2, -0.15) is 0 Å². The summed E-state index contributed by atoms with van der Waals surface area (Å²) in [5.41, 5.74) is 2.12. The quantitative estimate of drug-likeness (QED) is 0.558. The van der Waals surface area contributed by atoms with Gasteiger partial charge in [0.25, 0.3) is 5.91 Å². The van der Waals surface area contributed by atoms with E-state index in [-0.39, 0.29) is 18.4 Å². The van der Waals surface area contributed by atoms with Crippen LogP contribution < -0.4 is 10.1 Å². The molecule has 5 heteroatoms. The predicted molar refractivity (Wildman–Crippen MR) is 124 cm³/mol. The third-order valence-corrected chi connectivity index (χ3v) is 5.29. The zero-order chi connectivity index (χ0) is 22.2. The average molecular weight is 419 g/mol. The van der Waals surface area contributed by atoms with Crippen molar-refractivity contribution in [2.45, 2.75) is 39.8 Å². The molecule has 3 aromatic carbocycles. The molecule has 3 rings (SSSR count). The summed E-state index contributed by atoms with van der Waals surface area (Å²) < 4.78 is 5.91. The van der Waals surface area contributed by atoms with Gasteiger partial charge in [-0.25, -0.2) is 0 Å². The number of nitrogens with one attached hydrogen (secondary N) is 1. The van der Waals surface area contributed by atoms with Crippen molar-refractivity contribution in [1.82, 2.24) is 10.2 Å². The topological polar surface area (TPSA) is 58.6 Å². The van der Waals surface area contributed by atoms with Gasteiger partial charge in [0.2, 0.25) is 5.91 Å². The van der Waals surface area contributed by atoms with E-state index < -0.39 is 6.04 Å². The van der Waals surface area contributed by atoms with Crippen LogP contribution in [0, 0.1) is 6.92 Å². The first-order valence-corrected chi connectivity index (χ1v) is 10.7. The van der Waals surface area contributed by atoms with Crippen molar-refractivity contribution in [2.24, 2.45) is 0 Å². The van der Waals surface area contributed by atoms with Crippen molar-refractivity contribution < 1.29 is 14.3 Å². The summed E-state index contributed by atoms with van der Waals surface area (Å²) in [6.07, 6.45) is 0.842. The molecule has 3 aromatic rings. The molecule has 0 aromatic heterocycles. The monoisotopic (exact) mass is 418 g/mol. The number of nitrogens with zero attached hydrogens (tertiary/aromatic N) is 1. The number of rotatable bonds is 9. The summed E-state index contributed by atoms with van der Waals surface area (Å²) in [6.45, 7) is 6.57. The number of hydrogen-bond acceptors (Lipinski definition) is 3. The van der Waals surface area contributed by atoms with E-state index in [1.54, 1.807) is 11.8 Å². The first-order chi connectivity index (χ1) is 15.0. The molecular weight excluding hydrogens is 388 g/mol. The second kappa shape index (κ2) is 10.6. The predicted octanol–water partition coefficient (Wildman–Crippen LogP) is 4.47. The summed E-state index contributed by atoms with van der Waals surface area (Å²) in [6, 6.07) is 21.1. The maximum Gasteiger partial charge on any atom is 0.261 e. The van der Waals surface area contributed by atoms with Crippen LogP contribution in [0.1, 0.15) is 31.4 Å². The largest absolute Gasteiger partial charge is 0.483 e. The minimum atomic E-state index is -0.600. The number of carbonyl (C=O) groups is 2. The number of fused-ring (bicyclic) bond motifs is 1. The van der Waals surface area contributed by atoms with Crippen LogP contribution >= 0.6 is 0 Å². The fourth-order valence-electron chi connectivity index (χ4n) is 3.41. The van der Waals surface area contributed by atoms with E-state index in [0.717, 1.165) is 28.3 Å². The normalized spacial score (nSPS) is 11.7. The van der Waals surface area contributed by atoms with E-state index in [1.165, 1.54) is 0 Å². The number of ether oxygens (including phenoxy) is 1. The Balaban J connectivity index is 1.77. The molecule has 0 aliphatic rings. The number of hydrogen-bond donors (Lipinski definition) is 1.